The van der Waals surface area contributed by atoms with Crippen LogP contribution in [-0.4, -0.2) is 23.3 Å². The first-order chi connectivity index (χ1) is 8.24. The van der Waals surface area contributed by atoms with Gasteiger partial charge in [0.05, 0.1) is 0 Å². The lowest BCUT2D eigenvalue weighted by molar-refractivity contribution is 0.0903. The van der Waals surface area contributed by atoms with Crippen molar-refractivity contribution in [3.05, 3.63) is 11.7 Å². The molecule has 1 saturated carbocycles. The molecule has 1 aromatic heterocycles. The van der Waals surface area contributed by atoms with E-state index in [0.29, 0.717) is 17.8 Å². The van der Waals surface area contributed by atoms with Crippen molar-refractivity contribution in [3.8, 4) is 0 Å². The number of hydrogen-bond donors (Lipinski definition) is 1. The van der Waals surface area contributed by atoms with Crippen molar-refractivity contribution in [1.82, 2.24) is 10.1 Å². The lowest BCUT2D eigenvalue weighted by Crippen LogP contribution is -2.25. The molecule has 1 unspecified atom stereocenters. The molecule has 2 rings (SSSR count). The fraction of sp³-hybridized carbons (Fsp3) is 0.833. The summed E-state index contributed by atoms with van der Waals surface area (Å²) in [4.78, 5) is 4.46. The van der Waals surface area contributed by atoms with Gasteiger partial charge >= 0.3 is 0 Å². The number of ether oxygens (including phenoxy) is 1. The minimum Gasteiger partial charge on any atom is -0.373 e. The summed E-state index contributed by atoms with van der Waals surface area (Å²) in [6, 6.07) is 0.344. The molecule has 1 aliphatic rings. The number of hydrogen-bond acceptors (Lipinski definition) is 5. The van der Waals surface area contributed by atoms with E-state index in [1.165, 1.54) is 0 Å². The number of aromatic nitrogens is 2. The zero-order valence-electron chi connectivity index (χ0n) is 10.6. The van der Waals surface area contributed by atoms with Crippen LogP contribution >= 0.6 is 0 Å². The Morgan fingerprint density at radius 3 is 2.71 bits per heavy atom. The third kappa shape index (κ3) is 2.84. The van der Waals surface area contributed by atoms with Gasteiger partial charge in [-0.1, -0.05) is 12.1 Å². The second-order valence-corrected chi connectivity index (χ2v) is 4.74. The van der Waals surface area contributed by atoms with Crippen molar-refractivity contribution in [2.24, 2.45) is 5.73 Å². The Bertz CT molecular complexity index is 341. The van der Waals surface area contributed by atoms with Crippen LogP contribution in [0.2, 0.25) is 0 Å². The SMILES string of the molecule is CCC(OC)c1noc(C2CCC(N)CC2)n1. The molecule has 5 nitrogen and oxygen atoms in total. The van der Waals surface area contributed by atoms with Gasteiger partial charge in [0.15, 0.2) is 0 Å². The van der Waals surface area contributed by atoms with Crippen molar-refractivity contribution in [1.29, 1.82) is 0 Å². The van der Waals surface area contributed by atoms with Crippen LogP contribution in [0.1, 0.15) is 62.8 Å². The van der Waals surface area contributed by atoms with Gasteiger partial charge in [0.1, 0.15) is 6.10 Å². The number of rotatable bonds is 4. The molecule has 0 saturated heterocycles. The average molecular weight is 239 g/mol. The Morgan fingerprint density at radius 1 is 1.41 bits per heavy atom. The van der Waals surface area contributed by atoms with E-state index < -0.39 is 0 Å². The monoisotopic (exact) mass is 239 g/mol. The number of nitrogens with zero attached hydrogens (tertiary/aromatic N) is 2. The van der Waals surface area contributed by atoms with Gasteiger partial charge in [-0.15, -0.1) is 0 Å². The number of methoxy groups -OCH3 is 1. The summed E-state index contributed by atoms with van der Waals surface area (Å²) in [5.74, 6) is 1.80. The molecule has 1 heterocycles. The fourth-order valence-corrected chi connectivity index (χ4v) is 2.36. The first kappa shape index (κ1) is 12.5. The van der Waals surface area contributed by atoms with Crippen LogP contribution in [0.15, 0.2) is 4.52 Å². The molecule has 0 bridgehead atoms. The lowest BCUT2D eigenvalue weighted by atomic mass is 9.86. The predicted molar refractivity (Wildman–Crippen MR) is 63.5 cm³/mol. The highest BCUT2D eigenvalue weighted by Gasteiger charge is 2.26. The second kappa shape index (κ2) is 5.60. The summed E-state index contributed by atoms with van der Waals surface area (Å²) < 4.78 is 10.6. The first-order valence-electron chi connectivity index (χ1n) is 6.36. The maximum absolute atomic E-state index is 5.88. The van der Waals surface area contributed by atoms with Crippen LogP contribution < -0.4 is 5.73 Å². The molecule has 1 atom stereocenters. The molecule has 1 fully saturated rings. The van der Waals surface area contributed by atoms with Crippen molar-refractivity contribution in [2.75, 3.05) is 7.11 Å². The van der Waals surface area contributed by atoms with Gasteiger partial charge in [-0.05, 0) is 32.1 Å². The highest BCUT2D eigenvalue weighted by Crippen LogP contribution is 2.32. The van der Waals surface area contributed by atoms with Crippen LogP contribution in [0.5, 0.6) is 0 Å². The summed E-state index contributed by atoms with van der Waals surface area (Å²) in [6.07, 6.45) is 4.98. The van der Waals surface area contributed by atoms with E-state index in [1.807, 2.05) is 6.92 Å². The maximum atomic E-state index is 5.88. The highest BCUT2D eigenvalue weighted by molar-refractivity contribution is 4.98. The van der Waals surface area contributed by atoms with Crippen LogP contribution in [0, 0.1) is 0 Å². The van der Waals surface area contributed by atoms with Gasteiger partial charge in [-0.25, -0.2) is 0 Å². The van der Waals surface area contributed by atoms with E-state index in [1.54, 1.807) is 7.11 Å². The Morgan fingerprint density at radius 2 is 2.12 bits per heavy atom. The van der Waals surface area contributed by atoms with Crippen molar-refractivity contribution in [3.63, 3.8) is 0 Å². The van der Waals surface area contributed by atoms with Gasteiger partial charge in [-0.3, -0.25) is 0 Å². The maximum Gasteiger partial charge on any atom is 0.229 e. The minimum absolute atomic E-state index is 0.0571. The Hall–Kier alpha value is -0.940. The van der Waals surface area contributed by atoms with Crippen LogP contribution in [0.4, 0.5) is 0 Å². The largest absolute Gasteiger partial charge is 0.373 e. The van der Waals surface area contributed by atoms with Gasteiger partial charge in [0.2, 0.25) is 11.7 Å². The zero-order chi connectivity index (χ0) is 12.3. The van der Waals surface area contributed by atoms with E-state index >= 15 is 0 Å². The standard InChI is InChI=1S/C12H21N3O2/c1-3-10(16-2)11-14-12(17-15-11)8-4-6-9(13)7-5-8/h8-10H,3-7,13H2,1-2H3. The van der Waals surface area contributed by atoms with E-state index in [0.717, 1.165) is 38.0 Å². The molecule has 5 heteroatoms. The third-order valence-electron chi connectivity index (χ3n) is 3.52. The van der Waals surface area contributed by atoms with E-state index in [2.05, 4.69) is 10.1 Å². The van der Waals surface area contributed by atoms with Crippen LogP contribution in [0.3, 0.4) is 0 Å². The molecular weight excluding hydrogens is 218 g/mol. The quantitative estimate of drug-likeness (QED) is 0.871. The summed E-state index contributed by atoms with van der Waals surface area (Å²) in [5.41, 5.74) is 5.88. The topological polar surface area (TPSA) is 74.2 Å². The van der Waals surface area contributed by atoms with Crippen LogP contribution in [-0.2, 0) is 4.74 Å². The van der Waals surface area contributed by atoms with E-state index in [-0.39, 0.29) is 6.10 Å². The van der Waals surface area contributed by atoms with Gasteiger partial charge in [0.25, 0.3) is 0 Å². The zero-order valence-corrected chi connectivity index (χ0v) is 10.6. The minimum atomic E-state index is -0.0571. The molecule has 0 amide bonds. The number of nitrogens with two attached hydrogens (primary N) is 1. The smallest absolute Gasteiger partial charge is 0.229 e. The molecule has 1 aliphatic carbocycles. The first-order valence-corrected chi connectivity index (χ1v) is 6.36. The lowest BCUT2D eigenvalue weighted by Gasteiger charge is -2.22. The summed E-state index contributed by atoms with van der Waals surface area (Å²) in [5, 5.41) is 4.01. The van der Waals surface area contributed by atoms with Crippen LogP contribution in [0.25, 0.3) is 0 Å². The van der Waals surface area contributed by atoms with Crippen molar-refractivity contribution >= 4 is 0 Å². The molecule has 1 aromatic rings. The Labute approximate surface area is 102 Å². The second-order valence-electron chi connectivity index (χ2n) is 4.74. The highest BCUT2D eigenvalue weighted by atomic mass is 16.5. The molecule has 0 radical (unpaired) electrons. The van der Waals surface area contributed by atoms with Gasteiger partial charge in [-0.2, -0.15) is 4.98 Å². The summed E-state index contributed by atoms with van der Waals surface area (Å²) in [6.45, 7) is 2.05. The molecule has 0 aliphatic heterocycles. The van der Waals surface area contributed by atoms with Crippen molar-refractivity contribution in [2.45, 2.75) is 57.1 Å². The van der Waals surface area contributed by atoms with Gasteiger partial charge < -0.3 is 15.0 Å². The molecule has 0 spiro atoms. The Kier molecular flexibility index (Phi) is 4.12. The third-order valence-corrected chi connectivity index (χ3v) is 3.52. The molecule has 0 aromatic carbocycles. The van der Waals surface area contributed by atoms with Gasteiger partial charge in [0, 0.05) is 19.1 Å². The summed E-state index contributed by atoms with van der Waals surface area (Å²) >= 11 is 0. The molecule has 96 valence electrons. The average Bonchev–Trinajstić information content (AvgIpc) is 2.81. The molecular formula is C12H21N3O2. The van der Waals surface area contributed by atoms with E-state index in [4.69, 9.17) is 15.0 Å². The Balaban J connectivity index is 2.02. The predicted octanol–water partition coefficient (Wildman–Crippen LogP) is 2.15. The normalized spacial score (nSPS) is 27.0. The summed E-state index contributed by atoms with van der Waals surface area (Å²) in [7, 11) is 1.67. The molecule has 17 heavy (non-hydrogen) atoms. The fourth-order valence-electron chi connectivity index (χ4n) is 2.36. The van der Waals surface area contributed by atoms with Crippen molar-refractivity contribution < 1.29 is 9.26 Å². The van der Waals surface area contributed by atoms with E-state index in [9.17, 15) is 0 Å². The molecule has 2 N–H and O–H groups in total.